The maximum absolute atomic E-state index is 5.74. The summed E-state index contributed by atoms with van der Waals surface area (Å²) in [5.74, 6) is 8.46. The molecule has 2 rings (SSSR count). The lowest BCUT2D eigenvalue weighted by atomic mass is 9.87. The van der Waals surface area contributed by atoms with Crippen LogP contribution in [0.1, 0.15) is 38.7 Å². The van der Waals surface area contributed by atoms with E-state index in [4.69, 9.17) is 5.84 Å². The Morgan fingerprint density at radius 3 is 2.35 bits per heavy atom. The van der Waals surface area contributed by atoms with Crippen molar-refractivity contribution in [2.24, 2.45) is 23.6 Å². The minimum atomic E-state index is 0.445. The van der Waals surface area contributed by atoms with Gasteiger partial charge in [0.2, 0.25) is 0 Å². The highest BCUT2D eigenvalue weighted by Crippen LogP contribution is 2.51. The maximum atomic E-state index is 5.74. The molecular formula is C15H24N2. The first-order valence-corrected chi connectivity index (χ1v) is 6.66. The van der Waals surface area contributed by atoms with Crippen molar-refractivity contribution in [3.63, 3.8) is 0 Å². The van der Waals surface area contributed by atoms with Gasteiger partial charge in [-0.15, -0.1) is 0 Å². The molecule has 0 heterocycles. The number of hydrogen-bond acceptors (Lipinski definition) is 2. The summed E-state index contributed by atoms with van der Waals surface area (Å²) in [5.41, 5.74) is 4.51. The molecule has 17 heavy (non-hydrogen) atoms. The molecule has 1 aliphatic rings. The number of hydrogen-bond donors (Lipinski definition) is 2. The molecule has 1 fully saturated rings. The van der Waals surface area contributed by atoms with Crippen LogP contribution in [0, 0.1) is 17.8 Å². The average Bonchev–Trinajstić information content (AvgIpc) is 3.11. The Morgan fingerprint density at radius 2 is 1.82 bits per heavy atom. The second-order valence-corrected chi connectivity index (χ2v) is 5.71. The van der Waals surface area contributed by atoms with Crippen LogP contribution < -0.4 is 11.3 Å². The van der Waals surface area contributed by atoms with Crippen LogP contribution in [0.3, 0.4) is 0 Å². The van der Waals surface area contributed by atoms with Crippen molar-refractivity contribution in [2.75, 3.05) is 0 Å². The van der Waals surface area contributed by atoms with Gasteiger partial charge in [-0.3, -0.25) is 11.3 Å². The molecule has 3 N–H and O–H groups in total. The minimum absolute atomic E-state index is 0.445. The van der Waals surface area contributed by atoms with E-state index in [2.05, 4.69) is 56.5 Å². The average molecular weight is 232 g/mol. The Bertz CT molecular complexity index is 347. The van der Waals surface area contributed by atoms with Crippen LogP contribution in [-0.2, 0) is 0 Å². The van der Waals surface area contributed by atoms with Crippen LogP contribution in [0.15, 0.2) is 30.3 Å². The SMILES string of the molecule is CC(C)C(C)C(NN)C1CC1c1ccccc1. The second kappa shape index (κ2) is 5.19. The molecule has 94 valence electrons. The first-order valence-electron chi connectivity index (χ1n) is 6.66. The fourth-order valence-corrected chi connectivity index (χ4v) is 2.78. The first-order chi connectivity index (χ1) is 8.15. The Labute approximate surface area is 105 Å². The summed E-state index contributed by atoms with van der Waals surface area (Å²) in [7, 11) is 0. The molecule has 1 aliphatic carbocycles. The Balaban J connectivity index is 2.01. The maximum Gasteiger partial charge on any atom is 0.0272 e. The fourth-order valence-electron chi connectivity index (χ4n) is 2.78. The van der Waals surface area contributed by atoms with Crippen molar-refractivity contribution in [3.8, 4) is 0 Å². The van der Waals surface area contributed by atoms with Crippen molar-refractivity contribution in [2.45, 2.75) is 39.2 Å². The highest BCUT2D eigenvalue weighted by Gasteiger charge is 2.45. The van der Waals surface area contributed by atoms with Crippen LogP contribution in [-0.4, -0.2) is 6.04 Å². The first kappa shape index (κ1) is 12.6. The van der Waals surface area contributed by atoms with Crippen molar-refractivity contribution in [3.05, 3.63) is 35.9 Å². The van der Waals surface area contributed by atoms with Crippen molar-refractivity contribution < 1.29 is 0 Å². The van der Waals surface area contributed by atoms with Gasteiger partial charge >= 0.3 is 0 Å². The molecule has 0 spiro atoms. The Kier molecular flexibility index (Phi) is 3.85. The molecule has 1 saturated carbocycles. The van der Waals surface area contributed by atoms with E-state index in [0.717, 1.165) is 0 Å². The zero-order valence-electron chi connectivity index (χ0n) is 11.1. The van der Waals surface area contributed by atoms with E-state index in [-0.39, 0.29) is 0 Å². The van der Waals surface area contributed by atoms with E-state index < -0.39 is 0 Å². The van der Waals surface area contributed by atoms with Gasteiger partial charge in [0, 0.05) is 6.04 Å². The number of hydrazine groups is 1. The third-order valence-corrected chi connectivity index (χ3v) is 4.34. The molecule has 4 atom stereocenters. The summed E-state index contributed by atoms with van der Waals surface area (Å²) in [6.45, 7) is 6.85. The van der Waals surface area contributed by atoms with Gasteiger partial charge in [0.05, 0.1) is 0 Å². The summed E-state index contributed by atoms with van der Waals surface area (Å²) < 4.78 is 0. The lowest BCUT2D eigenvalue weighted by molar-refractivity contribution is 0.273. The van der Waals surface area contributed by atoms with Gasteiger partial charge in [-0.2, -0.15) is 0 Å². The largest absolute Gasteiger partial charge is 0.271 e. The summed E-state index contributed by atoms with van der Waals surface area (Å²) in [4.78, 5) is 0. The molecule has 0 radical (unpaired) electrons. The highest BCUT2D eigenvalue weighted by molar-refractivity contribution is 5.26. The minimum Gasteiger partial charge on any atom is -0.271 e. The van der Waals surface area contributed by atoms with Gasteiger partial charge in [-0.05, 0) is 35.7 Å². The summed E-state index contributed by atoms with van der Waals surface area (Å²) in [6, 6.07) is 11.2. The molecule has 1 aromatic rings. The standard InChI is InChI=1S/C15H24N2/c1-10(2)11(3)15(17-16)14-9-13(14)12-7-5-4-6-8-12/h4-8,10-11,13-15,17H,9,16H2,1-3H3. The van der Waals surface area contributed by atoms with Gasteiger partial charge in [-0.1, -0.05) is 51.1 Å². The number of benzene rings is 1. The van der Waals surface area contributed by atoms with Gasteiger partial charge in [-0.25, -0.2) is 0 Å². The number of nitrogens with one attached hydrogen (secondary N) is 1. The molecular weight excluding hydrogens is 208 g/mol. The van der Waals surface area contributed by atoms with Crippen molar-refractivity contribution >= 4 is 0 Å². The lowest BCUT2D eigenvalue weighted by Gasteiger charge is -2.26. The van der Waals surface area contributed by atoms with E-state index in [1.165, 1.54) is 12.0 Å². The van der Waals surface area contributed by atoms with Crippen LogP contribution >= 0.6 is 0 Å². The predicted octanol–water partition coefficient (Wildman–Crippen LogP) is 2.91. The van der Waals surface area contributed by atoms with Crippen LogP contribution in [0.2, 0.25) is 0 Å². The monoisotopic (exact) mass is 232 g/mol. The topological polar surface area (TPSA) is 38.0 Å². The van der Waals surface area contributed by atoms with E-state index in [0.29, 0.717) is 29.7 Å². The molecule has 0 bridgehead atoms. The molecule has 0 amide bonds. The molecule has 0 saturated heterocycles. The Morgan fingerprint density at radius 1 is 1.18 bits per heavy atom. The van der Waals surface area contributed by atoms with E-state index in [1.54, 1.807) is 0 Å². The van der Waals surface area contributed by atoms with Gasteiger partial charge in [0.15, 0.2) is 0 Å². The summed E-state index contributed by atoms with van der Waals surface area (Å²) >= 11 is 0. The van der Waals surface area contributed by atoms with E-state index >= 15 is 0 Å². The van der Waals surface area contributed by atoms with Gasteiger partial charge in [0.1, 0.15) is 0 Å². The number of nitrogens with two attached hydrogens (primary N) is 1. The van der Waals surface area contributed by atoms with Crippen LogP contribution in [0.4, 0.5) is 0 Å². The Hall–Kier alpha value is -0.860. The van der Waals surface area contributed by atoms with Crippen LogP contribution in [0.5, 0.6) is 0 Å². The van der Waals surface area contributed by atoms with Crippen LogP contribution in [0.25, 0.3) is 0 Å². The third kappa shape index (κ3) is 2.70. The van der Waals surface area contributed by atoms with Crippen molar-refractivity contribution in [1.29, 1.82) is 0 Å². The molecule has 1 aromatic carbocycles. The quantitative estimate of drug-likeness (QED) is 0.605. The van der Waals surface area contributed by atoms with Gasteiger partial charge in [0.25, 0.3) is 0 Å². The van der Waals surface area contributed by atoms with Crippen molar-refractivity contribution in [1.82, 2.24) is 5.43 Å². The summed E-state index contributed by atoms with van der Waals surface area (Å²) in [5, 5.41) is 0. The summed E-state index contributed by atoms with van der Waals surface area (Å²) in [6.07, 6.45) is 1.27. The molecule has 0 aromatic heterocycles. The zero-order valence-corrected chi connectivity index (χ0v) is 11.1. The molecule has 4 unspecified atom stereocenters. The second-order valence-electron chi connectivity index (χ2n) is 5.71. The third-order valence-electron chi connectivity index (χ3n) is 4.34. The lowest BCUT2D eigenvalue weighted by Crippen LogP contribution is -2.43. The van der Waals surface area contributed by atoms with E-state index in [1.807, 2.05) is 0 Å². The predicted molar refractivity (Wildman–Crippen MR) is 72.4 cm³/mol. The smallest absolute Gasteiger partial charge is 0.0272 e. The highest BCUT2D eigenvalue weighted by atomic mass is 15.2. The van der Waals surface area contributed by atoms with Gasteiger partial charge < -0.3 is 0 Å². The molecule has 2 heteroatoms. The number of rotatable bonds is 5. The molecule has 2 nitrogen and oxygen atoms in total. The zero-order chi connectivity index (χ0) is 12.4. The normalized spacial score (nSPS) is 26.9. The van der Waals surface area contributed by atoms with E-state index in [9.17, 15) is 0 Å². The molecule has 0 aliphatic heterocycles. The fraction of sp³-hybridized carbons (Fsp3) is 0.600.